The van der Waals surface area contributed by atoms with Gasteiger partial charge in [-0.3, -0.25) is 4.79 Å². The molecule has 3 aromatic carbocycles. The molecule has 0 atom stereocenters. The number of halogens is 1. The second-order valence-corrected chi connectivity index (χ2v) is 8.47. The molecule has 0 unspecified atom stereocenters. The molecule has 0 fully saturated rings. The van der Waals surface area contributed by atoms with Crippen molar-refractivity contribution in [3.05, 3.63) is 96.2 Å². The molecule has 32 heavy (non-hydrogen) atoms. The summed E-state index contributed by atoms with van der Waals surface area (Å²) in [4.78, 5) is 15.7. The molecule has 2 N–H and O–H groups in total. The van der Waals surface area contributed by atoms with E-state index in [1.807, 2.05) is 24.3 Å². The minimum Gasteiger partial charge on any atom is -0.373 e. The van der Waals surface area contributed by atoms with E-state index in [4.69, 9.17) is 0 Å². The lowest BCUT2D eigenvalue weighted by Gasteiger charge is -2.19. The minimum absolute atomic E-state index is 0. The molecule has 0 saturated heterocycles. The van der Waals surface area contributed by atoms with Crippen LogP contribution in [0.4, 0.5) is 11.4 Å². The average molecular weight is 464 g/mol. The van der Waals surface area contributed by atoms with Gasteiger partial charge in [-0.15, -0.1) is 12.4 Å². The number of hydrogen-bond acceptors (Lipinski definition) is 4. The van der Waals surface area contributed by atoms with Crippen molar-refractivity contribution in [2.75, 3.05) is 23.9 Å². The van der Waals surface area contributed by atoms with Crippen LogP contribution >= 0.6 is 24.2 Å². The van der Waals surface area contributed by atoms with Crippen LogP contribution < -0.4 is 15.5 Å². The van der Waals surface area contributed by atoms with Gasteiger partial charge in [0.15, 0.2) is 0 Å². The third-order valence-corrected chi connectivity index (χ3v) is 6.08. The number of rotatable bonds is 5. The van der Waals surface area contributed by atoms with Gasteiger partial charge in [-0.25, -0.2) is 0 Å². The molecule has 1 aliphatic rings. The predicted octanol–water partition coefficient (Wildman–Crippen LogP) is 6.27. The van der Waals surface area contributed by atoms with Crippen molar-refractivity contribution in [3.8, 4) is 0 Å². The van der Waals surface area contributed by atoms with Crippen LogP contribution in [0, 0.1) is 0 Å². The number of allylic oxidation sites excluding steroid dienone is 2. The first kappa shape index (κ1) is 23.5. The second kappa shape index (κ2) is 10.9. The van der Waals surface area contributed by atoms with Crippen LogP contribution in [0.2, 0.25) is 0 Å². The zero-order valence-electron chi connectivity index (χ0n) is 18.0. The Morgan fingerprint density at radius 3 is 2.50 bits per heavy atom. The van der Waals surface area contributed by atoms with Crippen LogP contribution in [0.15, 0.2) is 94.9 Å². The van der Waals surface area contributed by atoms with E-state index in [0.29, 0.717) is 0 Å². The molecule has 1 aliphatic heterocycles. The van der Waals surface area contributed by atoms with Gasteiger partial charge in [-0.2, -0.15) is 0 Å². The molecule has 1 heterocycles. The minimum atomic E-state index is -0.0639. The lowest BCUT2D eigenvalue weighted by atomic mass is 10.0. The number of carbonyl (C=O) groups is 1. The maximum atomic E-state index is 11.2. The molecular weight excluding hydrogens is 438 g/mol. The molecule has 4 rings (SSSR count). The number of nitrogens with zero attached hydrogens (tertiary/aromatic N) is 1. The van der Waals surface area contributed by atoms with Crippen molar-refractivity contribution in [1.82, 2.24) is 5.32 Å². The van der Waals surface area contributed by atoms with Gasteiger partial charge in [-0.1, -0.05) is 60.3 Å². The molecule has 3 aromatic rings. The second-order valence-electron chi connectivity index (χ2n) is 7.36. The molecule has 6 heteroatoms. The number of benzene rings is 3. The summed E-state index contributed by atoms with van der Waals surface area (Å²) in [6.45, 7) is 2.29. The van der Waals surface area contributed by atoms with Gasteiger partial charge >= 0.3 is 0 Å². The molecule has 0 saturated carbocycles. The maximum absolute atomic E-state index is 11.2. The highest BCUT2D eigenvalue weighted by Crippen LogP contribution is 2.33. The largest absolute Gasteiger partial charge is 0.373 e. The molecular formula is C26H26ClN3OS. The monoisotopic (exact) mass is 463 g/mol. The van der Waals surface area contributed by atoms with Gasteiger partial charge in [0, 0.05) is 46.9 Å². The van der Waals surface area contributed by atoms with E-state index < -0.39 is 0 Å². The Labute approximate surface area is 199 Å². The lowest BCUT2D eigenvalue weighted by molar-refractivity contribution is -0.114. The molecule has 1 amide bonds. The molecule has 0 spiro atoms. The fourth-order valence-corrected chi connectivity index (χ4v) is 4.40. The summed E-state index contributed by atoms with van der Waals surface area (Å²) in [7, 11) is 2.09. The molecule has 0 bridgehead atoms. The number of amides is 1. The van der Waals surface area contributed by atoms with Crippen LogP contribution in [0.1, 0.15) is 18.1 Å². The van der Waals surface area contributed by atoms with E-state index >= 15 is 0 Å². The number of para-hydroxylation sites is 1. The van der Waals surface area contributed by atoms with E-state index in [1.54, 1.807) is 11.8 Å². The van der Waals surface area contributed by atoms with Crippen LogP contribution in [-0.4, -0.2) is 19.6 Å². The lowest BCUT2D eigenvalue weighted by Crippen LogP contribution is -2.26. The third-order valence-electron chi connectivity index (χ3n) is 4.98. The first-order valence-corrected chi connectivity index (χ1v) is 11.0. The quantitative estimate of drug-likeness (QED) is 0.468. The molecule has 0 aromatic heterocycles. The number of fused-ring (bicyclic) bond motifs is 1. The van der Waals surface area contributed by atoms with Crippen molar-refractivity contribution in [2.45, 2.75) is 16.7 Å². The summed E-state index contributed by atoms with van der Waals surface area (Å²) in [5.41, 5.74) is 5.55. The predicted molar refractivity (Wildman–Crippen MR) is 138 cm³/mol. The number of carbonyl (C=O) groups excluding carboxylic acids is 1. The SMILES string of the molecule is CC(=O)Nc1ccc(Sc2ccccc2/C=C/C2=CNCN(C)c3ccccc32)cc1.Cl. The zero-order valence-corrected chi connectivity index (χ0v) is 19.7. The molecule has 4 nitrogen and oxygen atoms in total. The van der Waals surface area contributed by atoms with E-state index in [0.717, 1.165) is 28.4 Å². The zero-order chi connectivity index (χ0) is 21.6. The summed E-state index contributed by atoms with van der Waals surface area (Å²) in [6.07, 6.45) is 6.42. The van der Waals surface area contributed by atoms with Crippen LogP contribution in [0.5, 0.6) is 0 Å². The molecule has 0 radical (unpaired) electrons. The van der Waals surface area contributed by atoms with Crippen molar-refractivity contribution >= 4 is 53.1 Å². The topological polar surface area (TPSA) is 44.4 Å². The van der Waals surface area contributed by atoms with Crippen LogP contribution in [0.25, 0.3) is 11.6 Å². The number of hydrogen-bond donors (Lipinski definition) is 2. The number of anilines is 2. The van der Waals surface area contributed by atoms with Gasteiger partial charge in [0.05, 0.1) is 6.67 Å². The normalized spacial score (nSPS) is 12.8. The highest BCUT2D eigenvalue weighted by atomic mass is 35.5. The Morgan fingerprint density at radius 1 is 1.00 bits per heavy atom. The standard InChI is InChI=1S/C26H25N3OS.ClH/c1-19(30)28-22-13-15-23(16-14-22)31-26-10-6-3-7-20(26)11-12-21-17-27-18-29(2)25-9-5-4-8-24(21)25;/h3-17,27H,18H2,1-2H3,(H,28,30);1H/b12-11+;. The maximum Gasteiger partial charge on any atom is 0.221 e. The highest BCUT2D eigenvalue weighted by molar-refractivity contribution is 7.99. The smallest absolute Gasteiger partial charge is 0.221 e. The van der Waals surface area contributed by atoms with Gasteiger partial charge in [0.1, 0.15) is 0 Å². The summed E-state index contributed by atoms with van der Waals surface area (Å²) >= 11 is 1.71. The number of nitrogens with one attached hydrogen (secondary N) is 2. The summed E-state index contributed by atoms with van der Waals surface area (Å²) in [6, 6.07) is 24.8. The summed E-state index contributed by atoms with van der Waals surface area (Å²) < 4.78 is 0. The van der Waals surface area contributed by atoms with Gasteiger partial charge in [0.2, 0.25) is 5.91 Å². The van der Waals surface area contributed by atoms with Crippen LogP contribution in [-0.2, 0) is 4.79 Å². The first-order chi connectivity index (χ1) is 15.1. The fraction of sp³-hybridized carbons (Fsp3) is 0.115. The Kier molecular flexibility index (Phi) is 8.03. The van der Waals surface area contributed by atoms with Gasteiger partial charge in [-0.05, 0) is 47.5 Å². The summed E-state index contributed by atoms with van der Waals surface area (Å²) in [5.74, 6) is -0.0639. The van der Waals surface area contributed by atoms with Gasteiger partial charge < -0.3 is 15.5 Å². The molecule has 0 aliphatic carbocycles. The van der Waals surface area contributed by atoms with E-state index in [1.165, 1.54) is 23.1 Å². The Bertz CT molecular complexity index is 1140. The van der Waals surface area contributed by atoms with Gasteiger partial charge in [0.25, 0.3) is 0 Å². The highest BCUT2D eigenvalue weighted by Gasteiger charge is 2.12. The Hall–Kier alpha value is -3.15. The van der Waals surface area contributed by atoms with Crippen molar-refractivity contribution in [2.24, 2.45) is 0 Å². The van der Waals surface area contributed by atoms with E-state index in [-0.39, 0.29) is 18.3 Å². The Morgan fingerprint density at radius 2 is 1.72 bits per heavy atom. The molecule has 164 valence electrons. The van der Waals surface area contributed by atoms with Crippen molar-refractivity contribution in [1.29, 1.82) is 0 Å². The van der Waals surface area contributed by atoms with Crippen LogP contribution in [0.3, 0.4) is 0 Å². The van der Waals surface area contributed by atoms with E-state index in [9.17, 15) is 4.79 Å². The fourth-order valence-electron chi connectivity index (χ4n) is 3.47. The van der Waals surface area contributed by atoms with Crippen molar-refractivity contribution in [3.63, 3.8) is 0 Å². The van der Waals surface area contributed by atoms with E-state index in [2.05, 4.69) is 89.5 Å². The average Bonchev–Trinajstić information content (AvgIpc) is 2.93. The van der Waals surface area contributed by atoms with Crippen molar-refractivity contribution < 1.29 is 4.79 Å². The Balaban J connectivity index is 0.00000289. The third kappa shape index (κ3) is 5.75. The first-order valence-electron chi connectivity index (χ1n) is 10.2. The summed E-state index contributed by atoms with van der Waals surface area (Å²) in [5, 5.41) is 6.19.